The van der Waals surface area contributed by atoms with Crippen molar-refractivity contribution in [3.63, 3.8) is 0 Å². The first-order valence-corrected chi connectivity index (χ1v) is 19.0. The van der Waals surface area contributed by atoms with Gasteiger partial charge in [0.1, 0.15) is 36.1 Å². The zero-order valence-corrected chi connectivity index (χ0v) is 31.2. The van der Waals surface area contributed by atoms with E-state index in [9.17, 15) is 20.1 Å². The number of hydrogen-bond acceptors (Lipinski definition) is 8. The average molecular weight is 730 g/mol. The van der Waals surface area contributed by atoms with Gasteiger partial charge in [-0.3, -0.25) is 4.79 Å². The molecule has 54 heavy (non-hydrogen) atoms. The number of aromatic hydroxyl groups is 1. The fourth-order valence-electron chi connectivity index (χ4n) is 7.35. The minimum absolute atomic E-state index is 0.0261. The lowest BCUT2D eigenvalue weighted by Gasteiger charge is -2.28. The summed E-state index contributed by atoms with van der Waals surface area (Å²) in [4.78, 5) is 13.5. The third-order valence-corrected chi connectivity index (χ3v) is 10.3. The van der Waals surface area contributed by atoms with Crippen LogP contribution in [0.3, 0.4) is 0 Å². The molecular formula is C46H51NO7. The number of unbranched alkanes of at least 4 members (excludes halogenated alkanes) is 1. The number of hydrogen-bond donors (Lipinski definition) is 4. The van der Waals surface area contributed by atoms with Crippen molar-refractivity contribution in [2.75, 3.05) is 19.0 Å². The Bertz CT molecular complexity index is 2040. The van der Waals surface area contributed by atoms with Gasteiger partial charge in [0.25, 0.3) is 0 Å². The van der Waals surface area contributed by atoms with Crippen molar-refractivity contribution in [1.29, 1.82) is 0 Å². The highest BCUT2D eigenvalue weighted by Crippen LogP contribution is 2.34. The Hall–Kier alpha value is -5.39. The Balaban J connectivity index is 1.17. The number of phenolic OH excluding ortho intramolecular Hbond substituents is 1. The molecule has 282 valence electrons. The summed E-state index contributed by atoms with van der Waals surface area (Å²) in [6.45, 7) is 2.61. The molecular weight excluding hydrogens is 679 g/mol. The van der Waals surface area contributed by atoms with Crippen LogP contribution >= 0.6 is 0 Å². The number of anilines is 1. The van der Waals surface area contributed by atoms with Gasteiger partial charge in [-0.25, -0.2) is 0 Å². The number of allylic oxidation sites excluding steroid dienone is 3. The normalized spacial score (nSPS) is 19.4. The van der Waals surface area contributed by atoms with Crippen LogP contribution in [0.25, 0.3) is 10.8 Å². The molecule has 0 fully saturated rings. The molecule has 2 aliphatic heterocycles. The van der Waals surface area contributed by atoms with Gasteiger partial charge in [-0.1, -0.05) is 54.8 Å². The van der Waals surface area contributed by atoms with E-state index in [1.165, 1.54) is 5.56 Å². The summed E-state index contributed by atoms with van der Waals surface area (Å²) in [6, 6.07) is 23.7. The first-order valence-electron chi connectivity index (χ1n) is 19.0. The lowest BCUT2D eigenvalue weighted by molar-refractivity contribution is -0.121. The summed E-state index contributed by atoms with van der Waals surface area (Å²) in [7, 11) is 1.61. The molecule has 4 N–H and O–H groups in total. The highest BCUT2D eigenvalue weighted by Gasteiger charge is 2.27. The predicted octanol–water partition coefficient (Wildman–Crippen LogP) is 8.77. The van der Waals surface area contributed by atoms with Gasteiger partial charge in [0.2, 0.25) is 0 Å². The van der Waals surface area contributed by atoms with Crippen LogP contribution in [0.1, 0.15) is 67.7 Å². The number of rotatable bonds is 11. The van der Waals surface area contributed by atoms with Crippen molar-refractivity contribution in [2.45, 2.75) is 83.5 Å². The van der Waals surface area contributed by atoms with Crippen LogP contribution in [0.15, 0.2) is 96.8 Å². The number of aliphatic hydroxyl groups is 2. The average Bonchev–Trinajstić information content (AvgIpc) is 3.17. The molecule has 7 rings (SSSR count). The highest BCUT2D eigenvalue weighted by atomic mass is 16.5. The van der Waals surface area contributed by atoms with Crippen molar-refractivity contribution in [1.82, 2.24) is 0 Å². The fraction of sp³-hybridized carbons (Fsp3) is 0.370. The molecule has 0 aromatic heterocycles. The van der Waals surface area contributed by atoms with E-state index in [0.717, 1.165) is 53.3 Å². The summed E-state index contributed by atoms with van der Waals surface area (Å²) < 4.78 is 18.0. The van der Waals surface area contributed by atoms with E-state index in [1.807, 2.05) is 54.6 Å². The number of benzene rings is 4. The smallest absolute Gasteiger partial charge is 0.161 e. The summed E-state index contributed by atoms with van der Waals surface area (Å²) in [5, 5.41) is 36.1. The second-order valence-corrected chi connectivity index (χ2v) is 14.5. The Morgan fingerprint density at radius 2 is 1.85 bits per heavy atom. The topological polar surface area (TPSA) is 117 Å². The monoisotopic (exact) mass is 729 g/mol. The Labute approximate surface area is 318 Å². The summed E-state index contributed by atoms with van der Waals surface area (Å²) >= 11 is 0. The van der Waals surface area contributed by atoms with Crippen molar-refractivity contribution >= 4 is 22.2 Å². The number of aliphatic hydroxyl groups excluding tert-OH is 2. The third-order valence-electron chi connectivity index (χ3n) is 10.3. The zero-order valence-electron chi connectivity index (χ0n) is 31.2. The third kappa shape index (κ3) is 10.6. The number of carbonyl (C=O) groups excluding carboxylic acids is 1. The number of phenols is 1. The molecule has 0 amide bonds. The second kappa shape index (κ2) is 18.6. The van der Waals surface area contributed by atoms with Crippen LogP contribution in [0.4, 0.5) is 5.69 Å². The van der Waals surface area contributed by atoms with Crippen molar-refractivity contribution in [2.24, 2.45) is 11.8 Å². The number of carbonyl (C=O) groups is 1. The van der Waals surface area contributed by atoms with E-state index in [1.54, 1.807) is 26.2 Å². The van der Waals surface area contributed by atoms with E-state index in [2.05, 4.69) is 41.6 Å². The number of methoxy groups -OCH3 is 1. The molecule has 2 heterocycles. The Morgan fingerprint density at radius 1 is 0.981 bits per heavy atom. The van der Waals surface area contributed by atoms with Crippen molar-refractivity contribution in [3.8, 4) is 29.3 Å². The number of Topliss-reactive ketones (excluding diaryl/α,β-unsaturated/α-hetero) is 1. The molecule has 3 aliphatic rings. The van der Waals surface area contributed by atoms with E-state index >= 15 is 0 Å². The fourth-order valence-corrected chi connectivity index (χ4v) is 7.35. The quantitative estimate of drug-likeness (QED) is 0.0895. The largest absolute Gasteiger partial charge is 0.508 e. The van der Waals surface area contributed by atoms with Crippen LogP contribution < -0.4 is 14.8 Å². The number of ketones is 1. The van der Waals surface area contributed by atoms with Gasteiger partial charge in [-0.05, 0) is 127 Å². The van der Waals surface area contributed by atoms with Gasteiger partial charge in [0.15, 0.2) is 11.5 Å². The first-order chi connectivity index (χ1) is 26.2. The highest BCUT2D eigenvalue weighted by molar-refractivity contribution is 5.88. The standard InChI is InChI=1S/C46H51NO7/c1-31(48)29-47-38-10-5-8-32(24-38)7-3-4-9-35-15-18-39(49)26-37(35)27-41-28-40(50)17-12-33-14-21-45(52-2)46(25-33)54-30-34-13-19-42-36(23-34)16-20-44(51)43(42)11-6-22-53-41/h5,8,10,13-16,18-21,23-26,31,35,37,41,47-49,51H,3-4,7,9,11-12,17,27-30H2,1-2H3/t31-,35+,37-,41-/m0/s1. The van der Waals surface area contributed by atoms with E-state index in [-0.39, 0.29) is 42.0 Å². The molecule has 8 heteroatoms. The van der Waals surface area contributed by atoms with Gasteiger partial charge >= 0.3 is 0 Å². The Kier molecular flexibility index (Phi) is 13.2. The van der Waals surface area contributed by atoms with Crippen molar-refractivity contribution in [3.05, 3.63) is 119 Å². The maximum absolute atomic E-state index is 13.5. The number of nitrogens with one attached hydrogen (secondary N) is 1. The van der Waals surface area contributed by atoms with Crippen molar-refractivity contribution < 1.29 is 34.3 Å². The van der Waals surface area contributed by atoms with Crippen LogP contribution in [0.5, 0.6) is 17.2 Å². The van der Waals surface area contributed by atoms with Gasteiger partial charge in [-0.2, -0.15) is 0 Å². The molecule has 1 aliphatic carbocycles. The minimum atomic E-state index is -0.481. The molecule has 0 radical (unpaired) electrons. The molecule has 0 unspecified atom stereocenters. The molecule has 6 bridgehead atoms. The molecule has 4 aromatic carbocycles. The lowest BCUT2D eigenvalue weighted by Crippen LogP contribution is -2.24. The summed E-state index contributed by atoms with van der Waals surface area (Å²) in [5.74, 6) is 4.95. The first kappa shape index (κ1) is 38.3. The number of aryl methyl sites for hydroxylation is 2. The molecule has 0 saturated carbocycles. The van der Waals surface area contributed by atoms with Crippen LogP contribution in [0, 0.1) is 23.9 Å². The zero-order chi connectivity index (χ0) is 37.9. The summed E-state index contributed by atoms with van der Waals surface area (Å²) in [5.41, 5.74) is 4.91. The van der Waals surface area contributed by atoms with Gasteiger partial charge in [-0.15, -0.1) is 0 Å². The predicted molar refractivity (Wildman–Crippen MR) is 213 cm³/mol. The Morgan fingerprint density at radius 3 is 2.70 bits per heavy atom. The van der Waals surface area contributed by atoms with Crippen LogP contribution in [-0.2, 0) is 35.4 Å². The maximum Gasteiger partial charge on any atom is 0.161 e. The molecule has 4 aromatic rings. The molecule has 4 atom stereocenters. The molecule has 0 spiro atoms. The maximum atomic E-state index is 13.5. The minimum Gasteiger partial charge on any atom is -0.508 e. The lowest BCUT2D eigenvalue weighted by atomic mass is 9.80. The van der Waals surface area contributed by atoms with E-state index in [0.29, 0.717) is 49.5 Å². The summed E-state index contributed by atoms with van der Waals surface area (Å²) in [6.07, 6.45) is 13.5. The van der Waals surface area contributed by atoms with Gasteiger partial charge in [0.05, 0.1) is 13.2 Å². The second-order valence-electron chi connectivity index (χ2n) is 14.5. The van der Waals surface area contributed by atoms with Gasteiger partial charge < -0.3 is 34.8 Å². The molecule has 0 saturated heterocycles. The van der Waals surface area contributed by atoms with Gasteiger partial charge in [0, 0.05) is 37.1 Å². The molecule has 8 nitrogen and oxygen atoms in total. The van der Waals surface area contributed by atoms with Crippen LogP contribution in [-0.4, -0.2) is 47.0 Å². The number of fused-ring (bicyclic) bond motifs is 9. The SMILES string of the molecule is COc1ccc2cc1OCc1ccc3c(c(O)ccc3c1)CC#CO[C@@H](C[C@@H]1C=C(O)C=C[C@H]1CCCCc1cccc(NC[C@H](C)O)c1)CC(=O)CC2. The number of ether oxygens (including phenoxy) is 3. The van der Waals surface area contributed by atoms with E-state index < -0.39 is 12.2 Å². The van der Waals surface area contributed by atoms with E-state index in [4.69, 9.17) is 14.2 Å². The van der Waals surface area contributed by atoms with Crippen LogP contribution in [0.2, 0.25) is 0 Å².